The van der Waals surface area contributed by atoms with Crippen molar-refractivity contribution < 1.29 is 52.7 Å². The van der Waals surface area contributed by atoms with Gasteiger partial charge in [-0.3, -0.25) is 0 Å². The summed E-state index contributed by atoms with van der Waals surface area (Å²) in [6, 6.07) is 0. The molecule has 0 rings (SSSR count). The van der Waals surface area contributed by atoms with Crippen LogP contribution < -0.4 is 0 Å². The Bertz CT molecular complexity index is 8.00. The minimum atomic E-state index is 0. The number of hydrogen-bond donors (Lipinski definition) is 0. The first-order chi connectivity index (χ1) is 0. The zero-order chi connectivity index (χ0) is 0. The molecule has 0 spiro atoms. The van der Waals surface area contributed by atoms with E-state index in [9.17, 15) is 0 Å². The van der Waals surface area contributed by atoms with Crippen LogP contribution in [0.5, 0.6) is 0 Å². The second-order valence-corrected chi connectivity index (χ2v) is 0. The zero-order valence-electron chi connectivity index (χ0n) is 1.36. The quantitative estimate of drug-likeness (QED) is 0.446. The maximum absolute atomic E-state index is 0. The summed E-state index contributed by atoms with van der Waals surface area (Å²) in [5, 5.41) is 0. The van der Waals surface area contributed by atoms with E-state index in [1.54, 1.807) is 0 Å². The molecule has 0 bridgehead atoms. The van der Waals surface area contributed by atoms with Gasteiger partial charge in [-0.2, -0.15) is 0 Å². The summed E-state index contributed by atoms with van der Waals surface area (Å²) in [6.45, 7) is 0. The van der Waals surface area contributed by atoms with Crippen molar-refractivity contribution in [3.05, 3.63) is 0 Å². The van der Waals surface area contributed by atoms with Gasteiger partial charge < -0.3 is 0 Å². The predicted molar refractivity (Wildman–Crippen MR) is 7.15 cm³/mol. The largest absolute Gasteiger partial charge is 0 e. The van der Waals surface area contributed by atoms with Crippen LogP contribution in [0.15, 0.2) is 0 Å². The molecule has 0 aromatic rings. The molecule has 0 fully saturated rings. The minimum absolute atomic E-state index is 0. The van der Waals surface area contributed by atoms with Crippen molar-refractivity contribution in [1.82, 2.24) is 0 Å². The summed E-state index contributed by atoms with van der Waals surface area (Å²) in [5.74, 6) is 0. The molecule has 4 heavy (non-hydrogen) atoms. The number of rotatable bonds is 0. The Balaban J connectivity index is 0. The van der Waals surface area contributed by atoms with Crippen LogP contribution in [0.1, 0.15) is 0 Å². The SMILES string of the molecule is [Co].[LiH].[Ni].[Zn]. The van der Waals surface area contributed by atoms with Gasteiger partial charge in [-0.05, 0) is 0 Å². The molecule has 0 amide bonds. The molecule has 0 aromatic heterocycles. The molecule has 0 nitrogen and oxygen atoms in total. The predicted octanol–water partition coefficient (Wildman–Crippen LogP) is -0.656. The van der Waals surface area contributed by atoms with Gasteiger partial charge in [0.1, 0.15) is 0 Å². The van der Waals surface area contributed by atoms with Crippen molar-refractivity contribution in [2.24, 2.45) is 0 Å². The molecule has 0 heterocycles. The monoisotopic (exact) mass is 189 g/mol. The van der Waals surface area contributed by atoms with E-state index in [0.29, 0.717) is 0 Å². The molecule has 23 valence electrons. The van der Waals surface area contributed by atoms with Crippen LogP contribution in [0.25, 0.3) is 0 Å². The van der Waals surface area contributed by atoms with Gasteiger partial charge in [0.15, 0.2) is 0 Å². The summed E-state index contributed by atoms with van der Waals surface area (Å²) >= 11 is 0. The maximum atomic E-state index is 0. The van der Waals surface area contributed by atoms with E-state index in [4.69, 9.17) is 0 Å². The Kier molecular flexibility index (Phi) is 162. The van der Waals surface area contributed by atoms with Crippen molar-refractivity contribution in [1.29, 1.82) is 0 Å². The van der Waals surface area contributed by atoms with Crippen molar-refractivity contribution in [3.8, 4) is 0 Å². The molecule has 0 aliphatic heterocycles. The topological polar surface area (TPSA) is 0 Å². The first kappa shape index (κ1) is 34.4. The molecule has 0 saturated carbocycles. The van der Waals surface area contributed by atoms with Crippen LogP contribution in [0.2, 0.25) is 0 Å². The van der Waals surface area contributed by atoms with Crippen molar-refractivity contribution in [2.45, 2.75) is 0 Å². The standard InChI is InChI=1S/Co.Li.Ni.Zn.H. The molecular weight excluding hydrogens is 190 g/mol. The van der Waals surface area contributed by atoms with Crippen molar-refractivity contribution in [2.75, 3.05) is 0 Å². The molecule has 0 aromatic carbocycles. The zero-order valence-corrected chi connectivity index (χ0v) is 6.35. The first-order valence-corrected chi connectivity index (χ1v) is 0. The van der Waals surface area contributed by atoms with Crippen molar-refractivity contribution in [3.63, 3.8) is 0 Å². The van der Waals surface area contributed by atoms with Gasteiger partial charge in [-0.1, -0.05) is 0 Å². The Hall–Kier alpha value is 2.22. The van der Waals surface area contributed by atoms with Gasteiger partial charge >= 0.3 is 18.9 Å². The maximum Gasteiger partial charge on any atom is 0 e. The summed E-state index contributed by atoms with van der Waals surface area (Å²) in [5.41, 5.74) is 0. The summed E-state index contributed by atoms with van der Waals surface area (Å²) in [6.07, 6.45) is 0. The van der Waals surface area contributed by atoms with Crippen LogP contribution in [-0.2, 0) is 52.7 Å². The van der Waals surface area contributed by atoms with Gasteiger partial charge in [0.05, 0.1) is 0 Å². The van der Waals surface area contributed by atoms with Gasteiger partial charge in [0.25, 0.3) is 0 Å². The van der Waals surface area contributed by atoms with Crippen LogP contribution in [0.3, 0.4) is 0 Å². The van der Waals surface area contributed by atoms with E-state index >= 15 is 0 Å². The van der Waals surface area contributed by atoms with Gasteiger partial charge in [0.2, 0.25) is 0 Å². The third-order valence-electron chi connectivity index (χ3n) is 0. The van der Waals surface area contributed by atoms with E-state index in [-0.39, 0.29) is 71.6 Å². The van der Waals surface area contributed by atoms with Crippen LogP contribution in [0.4, 0.5) is 0 Å². The van der Waals surface area contributed by atoms with Crippen molar-refractivity contribution >= 4 is 18.9 Å². The second-order valence-electron chi connectivity index (χ2n) is 0. The fourth-order valence-corrected chi connectivity index (χ4v) is 0. The molecule has 0 aliphatic rings. The fraction of sp³-hybridized carbons (Fsp3) is 0. The molecule has 4 heteroatoms. The molecule has 0 atom stereocenters. The Morgan fingerprint density at radius 3 is 1.00 bits per heavy atom. The van der Waals surface area contributed by atoms with E-state index < -0.39 is 0 Å². The molecular formula is HCoLiNiZn. The fourth-order valence-electron chi connectivity index (χ4n) is 0. The first-order valence-electron chi connectivity index (χ1n) is 0. The van der Waals surface area contributed by atoms with Crippen LogP contribution in [-0.4, -0.2) is 18.9 Å². The molecule has 0 saturated heterocycles. The smallest absolute Gasteiger partial charge is 0 e. The average Bonchev–Trinajstić information content (AvgIpc) is 0. The Morgan fingerprint density at radius 2 is 1.00 bits per heavy atom. The summed E-state index contributed by atoms with van der Waals surface area (Å²) < 4.78 is 0. The van der Waals surface area contributed by atoms with Crippen LogP contribution >= 0.6 is 0 Å². The second kappa shape index (κ2) is 18.9. The third-order valence-corrected chi connectivity index (χ3v) is 0. The van der Waals surface area contributed by atoms with Gasteiger partial charge in [-0.25, -0.2) is 0 Å². The average molecular weight is 191 g/mol. The summed E-state index contributed by atoms with van der Waals surface area (Å²) in [4.78, 5) is 0. The Labute approximate surface area is 70.9 Å². The van der Waals surface area contributed by atoms with E-state index in [1.807, 2.05) is 0 Å². The van der Waals surface area contributed by atoms with Crippen LogP contribution in [0, 0.1) is 0 Å². The van der Waals surface area contributed by atoms with E-state index in [1.165, 1.54) is 0 Å². The molecule has 1 radical (unpaired) electrons. The third kappa shape index (κ3) is 8.88. The van der Waals surface area contributed by atoms with Gasteiger partial charge in [-0.15, -0.1) is 0 Å². The number of hydrogen-bond acceptors (Lipinski definition) is 0. The van der Waals surface area contributed by atoms with E-state index in [2.05, 4.69) is 0 Å². The van der Waals surface area contributed by atoms with E-state index in [0.717, 1.165) is 0 Å². The normalized spacial score (nSPS) is 0. The summed E-state index contributed by atoms with van der Waals surface area (Å²) in [7, 11) is 0. The van der Waals surface area contributed by atoms with Gasteiger partial charge in [0, 0.05) is 52.7 Å². The molecule has 0 aliphatic carbocycles. The minimum Gasteiger partial charge on any atom is 0 e. The molecule has 0 N–H and O–H groups in total. The Morgan fingerprint density at radius 1 is 1.00 bits per heavy atom. The molecule has 0 unspecified atom stereocenters.